The molecule has 0 radical (unpaired) electrons. The van der Waals surface area contributed by atoms with E-state index in [2.05, 4.69) is 10.6 Å². The summed E-state index contributed by atoms with van der Waals surface area (Å²) in [6.07, 6.45) is 0. The molecule has 0 atom stereocenters. The van der Waals surface area contributed by atoms with Crippen LogP contribution in [0.3, 0.4) is 0 Å². The molecular weight excluding hydrogens is 428 g/mol. The summed E-state index contributed by atoms with van der Waals surface area (Å²) in [5, 5.41) is 5.84. The summed E-state index contributed by atoms with van der Waals surface area (Å²) in [7, 11) is -0.624. The molecule has 1 amide bonds. The SMILES string of the molecule is COc1ccc(NC(=O)CNc2cc(C)cc(S(=O)(=O)c3ccccc3)c2C)cc1OC. The number of carbonyl (C=O) groups is 1. The van der Waals surface area contributed by atoms with Crippen LogP contribution in [-0.2, 0) is 14.6 Å². The lowest BCUT2D eigenvalue weighted by molar-refractivity contribution is -0.114. The Morgan fingerprint density at radius 1 is 0.906 bits per heavy atom. The molecule has 0 saturated heterocycles. The lowest BCUT2D eigenvalue weighted by Crippen LogP contribution is -2.22. The Labute approximate surface area is 188 Å². The molecule has 0 bridgehead atoms. The van der Waals surface area contributed by atoms with Crippen molar-refractivity contribution in [1.29, 1.82) is 0 Å². The fourth-order valence-corrected chi connectivity index (χ4v) is 4.93. The molecule has 0 aliphatic carbocycles. The second-order valence-electron chi connectivity index (χ2n) is 7.22. The molecule has 168 valence electrons. The fourth-order valence-electron chi connectivity index (χ4n) is 3.31. The van der Waals surface area contributed by atoms with E-state index in [0.29, 0.717) is 28.4 Å². The fraction of sp³-hybridized carbons (Fsp3) is 0.208. The van der Waals surface area contributed by atoms with Crippen LogP contribution in [0.25, 0.3) is 0 Å². The van der Waals surface area contributed by atoms with Gasteiger partial charge in [-0.3, -0.25) is 4.79 Å². The van der Waals surface area contributed by atoms with Crippen LogP contribution < -0.4 is 20.1 Å². The number of nitrogens with one attached hydrogen (secondary N) is 2. The van der Waals surface area contributed by atoms with Crippen molar-refractivity contribution in [2.45, 2.75) is 23.6 Å². The zero-order valence-corrected chi connectivity index (χ0v) is 19.2. The Bertz CT molecular complexity index is 1220. The van der Waals surface area contributed by atoms with Crippen LogP contribution in [0, 0.1) is 13.8 Å². The first-order chi connectivity index (χ1) is 15.3. The molecule has 8 heteroatoms. The monoisotopic (exact) mass is 454 g/mol. The summed E-state index contributed by atoms with van der Waals surface area (Å²) in [6, 6.07) is 16.8. The van der Waals surface area contributed by atoms with E-state index in [9.17, 15) is 13.2 Å². The lowest BCUT2D eigenvalue weighted by Gasteiger charge is -2.16. The van der Waals surface area contributed by atoms with Crippen molar-refractivity contribution in [1.82, 2.24) is 0 Å². The number of benzene rings is 3. The van der Waals surface area contributed by atoms with Gasteiger partial charge >= 0.3 is 0 Å². The normalized spacial score (nSPS) is 11.0. The Hall–Kier alpha value is -3.52. The number of sulfone groups is 1. The van der Waals surface area contributed by atoms with Gasteiger partial charge in [-0.2, -0.15) is 0 Å². The third-order valence-electron chi connectivity index (χ3n) is 4.95. The lowest BCUT2D eigenvalue weighted by atomic mass is 10.1. The van der Waals surface area contributed by atoms with Gasteiger partial charge in [0.15, 0.2) is 11.5 Å². The van der Waals surface area contributed by atoms with Gasteiger partial charge in [0.2, 0.25) is 15.7 Å². The highest BCUT2D eigenvalue weighted by molar-refractivity contribution is 7.91. The Balaban J connectivity index is 1.78. The average Bonchev–Trinajstić information content (AvgIpc) is 2.79. The third kappa shape index (κ3) is 5.03. The van der Waals surface area contributed by atoms with Crippen LogP contribution in [-0.4, -0.2) is 35.1 Å². The van der Waals surface area contributed by atoms with E-state index >= 15 is 0 Å². The van der Waals surface area contributed by atoms with Crippen LogP contribution in [0.2, 0.25) is 0 Å². The van der Waals surface area contributed by atoms with E-state index in [1.165, 1.54) is 14.2 Å². The van der Waals surface area contributed by atoms with E-state index in [0.717, 1.165) is 5.56 Å². The zero-order valence-electron chi connectivity index (χ0n) is 18.4. The molecule has 3 aromatic carbocycles. The minimum Gasteiger partial charge on any atom is -0.493 e. The van der Waals surface area contributed by atoms with Crippen molar-refractivity contribution in [3.63, 3.8) is 0 Å². The van der Waals surface area contributed by atoms with Gasteiger partial charge in [-0.15, -0.1) is 0 Å². The predicted octanol–water partition coefficient (Wildman–Crippen LogP) is 4.20. The quantitative estimate of drug-likeness (QED) is 0.530. The van der Waals surface area contributed by atoms with E-state index < -0.39 is 9.84 Å². The van der Waals surface area contributed by atoms with E-state index in [4.69, 9.17) is 9.47 Å². The topological polar surface area (TPSA) is 93.7 Å². The van der Waals surface area contributed by atoms with Crippen molar-refractivity contribution in [3.05, 3.63) is 71.8 Å². The van der Waals surface area contributed by atoms with Crippen LogP contribution in [0.5, 0.6) is 11.5 Å². The van der Waals surface area contributed by atoms with Crippen molar-refractivity contribution in [2.75, 3.05) is 31.4 Å². The second kappa shape index (κ2) is 9.74. The number of aryl methyl sites for hydroxylation is 1. The largest absolute Gasteiger partial charge is 0.493 e. The standard InChI is InChI=1S/C24H26N2O5S/c1-16-12-20(17(2)23(13-16)32(28,29)19-8-6-5-7-9-19)25-15-24(27)26-18-10-11-21(30-3)22(14-18)31-4/h5-14,25H,15H2,1-4H3,(H,26,27). The van der Waals surface area contributed by atoms with Crippen LogP contribution in [0.4, 0.5) is 11.4 Å². The van der Waals surface area contributed by atoms with Crippen molar-refractivity contribution in [3.8, 4) is 11.5 Å². The molecule has 0 saturated carbocycles. The van der Waals surface area contributed by atoms with E-state index in [1.807, 2.05) is 13.0 Å². The minimum absolute atomic E-state index is 0.0382. The smallest absolute Gasteiger partial charge is 0.243 e. The maximum Gasteiger partial charge on any atom is 0.243 e. The molecule has 2 N–H and O–H groups in total. The Morgan fingerprint density at radius 2 is 1.59 bits per heavy atom. The number of amides is 1. The van der Waals surface area contributed by atoms with Gasteiger partial charge in [0.1, 0.15) is 0 Å². The highest BCUT2D eigenvalue weighted by Crippen LogP contribution is 2.31. The summed E-state index contributed by atoms with van der Waals surface area (Å²) in [6.45, 7) is 3.51. The molecule has 0 unspecified atom stereocenters. The Kier molecular flexibility index (Phi) is 7.05. The highest BCUT2D eigenvalue weighted by atomic mass is 32.2. The highest BCUT2D eigenvalue weighted by Gasteiger charge is 2.22. The van der Waals surface area contributed by atoms with Gasteiger partial charge in [-0.25, -0.2) is 8.42 Å². The number of hydrogen-bond acceptors (Lipinski definition) is 6. The number of methoxy groups -OCH3 is 2. The van der Waals surface area contributed by atoms with Crippen LogP contribution in [0.15, 0.2) is 70.5 Å². The molecule has 0 aliphatic heterocycles. The van der Waals surface area contributed by atoms with E-state index in [1.54, 1.807) is 61.5 Å². The third-order valence-corrected chi connectivity index (χ3v) is 6.85. The van der Waals surface area contributed by atoms with Crippen LogP contribution >= 0.6 is 0 Å². The molecule has 0 fully saturated rings. The number of ether oxygens (including phenoxy) is 2. The van der Waals surface area contributed by atoms with Crippen molar-refractivity contribution < 1.29 is 22.7 Å². The second-order valence-corrected chi connectivity index (χ2v) is 9.14. The van der Waals surface area contributed by atoms with Gasteiger partial charge in [0, 0.05) is 17.4 Å². The summed E-state index contributed by atoms with van der Waals surface area (Å²) < 4.78 is 36.7. The average molecular weight is 455 g/mol. The minimum atomic E-state index is -3.68. The predicted molar refractivity (Wildman–Crippen MR) is 124 cm³/mol. The molecule has 0 heterocycles. The number of hydrogen-bond donors (Lipinski definition) is 2. The van der Waals surface area contributed by atoms with Gasteiger partial charge < -0.3 is 20.1 Å². The molecule has 0 spiro atoms. The molecule has 3 aromatic rings. The number of anilines is 2. The first kappa shape index (κ1) is 23.1. The van der Waals surface area contributed by atoms with Gasteiger partial charge in [-0.05, 0) is 61.4 Å². The first-order valence-electron chi connectivity index (χ1n) is 9.93. The summed E-state index contributed by atoms with van der Waals surface area (Å²) in [4.78, 5) is 12.9. The molecule has 0 aromatic heterocycles. The zero-order chi connectivity index (χ0) is 23.3. The number of carbonyl (C=O) groups excluding carboxylic acids is 1. The Morgan fingerprint density at radius 3 is 2.25 bits per heavy atom. The summed E-state index contributed by atoms with van der Waals surface area (Å²) in [5.74, 6) is 0.778. The maximum absolute atomic E-state index is 13.1. The summed E-state index contributed by atoms with van der Waals surface area (Å²) in [5.41, 5.74) is 2.47. The van der Waals surface area contributed by atoms with Crippen LogP contribution in [0.1, 0.15) is 11.1 Å². The summed E-state index contributed by atoms with van der Waals surface area (Å²) >= 11 is 0. The molecule has 7 nitrogen and oxygen atoms in total. The van der Waals surface area contributed by atoms with Gasteiger partial charge in [0.25, 0.3) is 0 Å². The molecule has 3 rings (SSSR count). The molecule has 32 heavy (non-hydrogen) atoms. The number of rotatable bonds is 8. The van der Waals surface area contributed by atoms with Gasteiger partial charge in [0.05, 0.1) is 30.6 Å². The molecular formula is C24H26N2O5S. The molecule has 0 aliphatic rings. The van der Waals surface area contributed by atoms with Gasteiger partial charge in [-0.1, -0.05) is 18.2 Å². The van der Waals surface area contributed by atoms with Crippen molar-refractivity contribution >= 4 is 27.1 Å². The maximum atomic E-state index is 13.1. The van der Waals surface area contributed by atoms with Crippen molar-refractivity contribution in [2.24, 2.45) is 0 Å². The van der Waals surface area contributed by atoms with E-state index in [-0.39, 0.29) is 22.2 Å². The first-order valence-corrected chi connectivity index (χ1v) is 11.4.